The van der Waals surface area contributed by atoms with Crippen LogP contribution in [0.4, 0.5) is 5.69 Å². The van der Waals surface area contributed by atoms with Gasteiger partial charge in [0, 0.05) is 36.8 Å². The third kappa shape index (κ3) is 7.61. The van der Waals surface area contributed by atoms with Gasteiger partial charge < -0.3 is 24.8 Å². The van der Waals surface area contributed by atoms with E-state index in [2.05, 4.69) is 47.6 Å². The third-order valence-corrected chi connectivity index (χ3v) is 10.4. The lowest BCUT2D eigenvalue weighted by atomic mass is 9.77. The highest BCUT2D eigenvalue weighted by molar-refractivity contribution is 7.16. The maximum atomic E-state index is 14.3. The molecular weight excluding hydrogens is 574 g/mol. The number of anilines is 1. The smallest absolute Gasteiger partial charge is 0.273 e. The molecule has 0 saturated heterocycles. The van der Waals surface area contributed by atoms with E-state index in [0.717, 1.165) is 47.6 Å². The molecule has 2 aliphatic carbocycles. The van der Waals surface area contributed by atoms with Crippen LogP contribution >= 0.6 is 11.3 Å². The number of carbonyl (C=O) groups is 2. The molecule has 2 saturated carbocycles. The van der Waals surface area contributed by atoms with Crippen LogP contribution in [0.25, 0.3) is 10.4 Å². The number of carbonyl (C=O) groups excluding carboxylic acids is 2. The molecule has 0 atom stereocenters. The van der Waals surface area contributed by atoms with Crippen molar-refractivity contribution in [3.8, 4) is 21.4 Å². The number of hydrogen-bond acceptors (Lipinski definition) is 7. The summed E-state index contributed by atoms with van der Waals surface area (Å²) < 4.78 is 10.8. The number of amides is 2. The summed E-state index contributed by atoms with van der Waals surface area (Å²) in [6, 6.07) is 14.8. The second-order valence-corrected chi connectivity index (χ2v) is 13.2. The number of aliphatic hydroxyl groups excluding tert-OH is 1. The zero-order chi connectivity index (χ0) is 31.1. The van der Waals surface area contributed by atoms with E-state index in [1.165, 1.54) is 22.5 Å². The SMILES string of the molecule is COc1ncc(-c2cccc(N(C[C@H]3CC[C@H](c4ccc(OC)c(C)c4)CC3)C(=O)[C@H]3CC[C@H](C(=O)NCCO)CC3)c2)s1. The lowest BCUT2D eigenvalue weighted by Crippen LogP contribution is -2.42. The van der Waals surface area contributed by atoms with Gasteiger partial charge in [-0.2, -0.15) is 0 Å². The molecule has 2 N–H and O–H groups in total. The Morgan fingerprint density at radius 1 is 0.977 bits per heavy atom. The molecular formula is C35H45N3O5S. The number of thiazole rings is 1. The predicted octanol–water partition coefficient (Wildman–Crippen LogP) is 6.36. The molecule has 236 valence electrons. The molecule has 0 bridgehead atoms. The summed E-state index contributed by atoms with van der Waals surface area (Å²) >= 11 is 1.49. The van der Waals surface area contributed by atoms with Gasteiger partial charge in [0.1, 0.15) is 5.75 Å². The number of ether oxygens (including phenoxy) is 2. The Kier molecular flexibility index (Phi) is 10.9. The summed E-state index contributed by atoms with van der Waals surface area (Å²) in [4.78, 5) is 34.1. The topological polar surface area (TPSA) is 101 Å². The molecule has 0 spiro atoms. The molecule has 2 aliphatic rings. The monoisotopic (exact) mass is 619 g/mol. The van der Waals surface area contributed by atoms with Gasteiger partial charge in [0.2, 0.25) is 11.8 Å². The van der Waals surface area contributed by atoms with E-state index < -0.39 is 0 Å². The van der Waals surface area contributed by atoms with Gasteiger partial charge in [0.25, 0.3) is 5.19 Å². The average Bonchev–Trinajstić information content (AvgIpc) is 3.56. The molecule has 0 aliphatic heterocycles. The molecule has 1 aromatic heterocycles. The summed E-state index contributed by atoms with van der Waals surface area (Å²) in [5.74, 6) is 1.81. The Labute approximate surface area is 264 Å². The summed E-state index contributed by atoms with van der Waals surface area (Å²) in [6.45, 7) is 3.00. The lowest BCUT2D eigenvalue weighted by molar-refractivity contribution is -0.129. The minimum atomic E-state index is -0.109. The van der Waals surface area contributed by atoms with Gasteiger partial charge in [0.05, 0.1) is 25.7 Å². The van der Waals surface area contributed by atoms with Crippen LogP contribution in [0.3, 0.4) is 0 Å². The van der Waals surface area contributed by atoms with E-state index in [1.54, 1.807) is 14.2 Å². The van der Waals surface area contributed by atoms with Crippen LogP contribution in [0.5, 0.6) is 10.9 Å². The van der Waals surface area contributed by atoms with Crippen molar-refractivity contribution >= 4 is 28.8 Å². The first-order valence-electron chi connectivity index (χ1n) is 15.8. The highest BCUT2D eigenvalue weighted by atomic mass is 32.1. The third-order valence-electron chi connectivity index (χ3n) is 9.40. The summed E-state index contributed by atoms with van der Waals surface area (Å²) in [5.41, 5.74) is 4.48. The van der Waals surface area contributed by atoms with Crippen LogP contribution in [0.2, 0.25) is 0 Å². The molecule has 0 unspecified atom stereocenters. The zero-order valence-corrected chi connectivity index (χ0v) is 26.9. The number of nitrogens with zero attached hydrogens (tertiary/aromatic N) is 2. The molecule has 3 aromatic rings. The second-order valence-electron chi connectivity index (χ2n) is 12.2. The Morgan fingerprint density at radius 2 is 1.73 bits per heavy atom. The van der Waals surface area contributed by atoms with Crippen LogP contribution in [-0.4, -0.2) is 55.8 Å². The fraction of sp³-hybridized carbons (Fsp3) is 0.514. The number of hydrogen-bond donors (Lipinski definition) is 2. The largest absolute Gasteiger partial charge is 0.496 e. The Balaban J connectivity index is 1.31. The summed E-state index contributed by atoms with van der Waals surface area (Å²) in [7, 11) is 3.33. The minimum Gasteiger partial charge on any atom is -0.496 e. The highest BCUT2D eigenvalue weighted by Crippen LogP contribution is 2.40. The van der Waals surface area contributed by atoms with Gasteiger partial charge in [-0.25, -0.2) is 4.98 Å². The van der Waals surface area contributed by atoms with Crippen LogP contribution < -0.4 is 19.7 Å². The van der Waals surface area contributed by atoms with E-state index >= 15 is 0 Å². The van der Waals surface area contributed by atoms with Crippen LogP contribution in [0.15, 0.2) is 48.7 Å². The van der Waals surface area contributed by atoms with E-state index in [9.17, 15) is 9.59 Å². The van der Waals surface area contributed by atoms with Crippen molar-refractivity contribution in [2.45, 2.75) is 64.2 Å². The van der Waals surface area contributed by atoms with Crippen LogP contribution in [-0.2, 0) is 9.59 Å². The van der Waals surface area contributed by atoms with Crippen molar-refractivity contribution in [1.82, 2.24) is 10.3 Å². The standard InChI is InChI=1S/C35H45N3O5S/c1-23-19-28(15-16-31(23)42-2)25-9-7-24(8-10-25)22-38(30-6-4-5-29(20-30)32-21-37-35(43-3)44-32)34(41)27-13-11-26(12-14-27)33(40)36-17-18-39/h4-6,15-16,19-21,24-27,39H,7-14,17-18,22H2,1-3H3,(H,36,40)/t24-,25-,26-,27-. The number of aryl methyl sites for hydroxylation is 1. The number of methoxy groups -OCH3 is 2. The first kappa shape index (κ1) is 32.0. The Hall–Kier alpha value is -3.43. The molecule has 9 heteroatoms. The number of nitrogens with one attached hydrogen (secondary N) is 1. The van der Waals surface area contributed by atoms with Gasteiger partial charge in [-0.3, -0.25) is 9.59 Å². The molecule has 2 amide bonds. The van der Waals surface area contributed by atoms with Crippen molar-refractivity contribution in [3.63, 3.8) is 0 Å². The highest BCUT2D eigenvalue weighted by Gasteiger charge is 2.34. The number of benzene rings is 2. The molecule has 5 rings (SSSR count). The summed E-state index contributed by atoms with van der Waals surface area (Å²) in [6.07, 6.45) is 8.94. The van der Waals surface area contributed by atoms with E-state index in [1.807, 2.05) is 23.2 Å². The van der Waals surface area contributed by atoms with Crippen molar-refractivity contribution in [2.75, 3.05) is 38.8 Å². The van der Waals surface area contributed by atoms with Crippen molar-refractivity contribution in [3.05, 3.63) is 59.8 Å². The van der Waals surface area contributed by atoms with Gasteiger partial charge in [0.15, 0.2) is 0 Å². The average molecular weight is 620 g/mol. The lowest BCUT2D eigenvalue weighted by Gasteiger charge is -2.36. The van der Waals surface area contributed by atoms with E-state index in [-0.39, 0.29) is 36.8 Å². The normalized spacial score (nSPS) is 21.8. The molecule has 44 heavy (non-hydrogen) atoms. The van der Waals surface area contributed by atoms with E-state index in [4.69, 9.17) is 14.6 Å². The molecule has 2 aromatic carbocycles. The molecule has 1 heterocycles. The van der Waals surface area contributed by atoms with Gasteiger partial charge in [-0.1, -0.05) is 35.6 Å². The fourth-order valence-corrected chi connectivity index (χ4v) is 7.60. The minimum absolute atomic E-state index is 0.0155. The molecule has 8 nitrogen and oxygen atoms in total. The summed E-state index contributed by atoms with van der Waals surface area (Å²) in [5, 5.41) is 12.5. The number of aliphatic hydroxyl groups is 1. The number of aromatic nitrogens is 1. The predicted molar refractivity (Wildman–Crippen MR) is 174 cm³/mol. The van der Waals surface area contributed by atoms with Crippen LogP contribution in [0.1, 0.15) is 68.4 Å². The van der Waals surface area contributed by atoms with E-state index in [0.29, 0.717) is 49.3 Å². The first-order chi connectivity index (χ1) is 21.4. The van der Waals surface area contributed by atoms with Crippen molar-refractivity contribution < 1.29 is 24.2 Å². The van der Waals surface area contributed by atoms with Gasteiger partial charge >= 0.3 is 0 Å². The Morgan fingerprint density at radius 3 is 2.39 bits per heavy atom. The van der Waals surface area contributed by atoms with Gasteiger partial charge in [-0.15, -0.1) is 0 Å². The van der Waals surface area contributed by atoms with Crippen LogP contribution in [0, 0.1) is 24.7 Å². The zero-order valence-electron chi connectivity index (χ0n) is 26.1. The van der Waals surface area contributed by atoms with Crippen molar-refractivity contribution in [2.24, 2.45) is 17.8 Å². The van der Waals surface area contributed by atoms with Crippen molar-refractivity contribution in [1.29, 1.82) is 0 Å². The van der Waals surface area contributed by atoms with Gasteiger partial charge in [-0.05, 0) is 105 Å². The first-order valence-corrected chi connectivity index (χ1v) is 16.7. The molecule has 0 radical (unpaired) electrons. The molecule has 2 fully saturated rings. The second kappa shape index (κ2) is 15.0. The maximum Gasteiger partial charge on any atom is 0.273 e. The fourth-order valence-electron chi connectivity index (χ4n) is 6.87. The number of rotatable bonds is 11. The Bertz CT molecular complexity index is 1410. The maximum absolute atomic E-state index is 14.3. The quantitative estimate of drug-likeness (QED) is 0.259.